The van der Waals surface area contributed by atoms with Gasteiger partial charge in [-0.25, -0.2) is 4.98 Å². The van der Waals surface area contributed by atoms with Crippen molar-refractivity contribution in [3.63, 3.8) is 0 Å². The third-order valence-corrected chi connectivity index (χ3v) is 4.08. The van der Waals surface area contributed by atoms with Gasteiger partial charge in [-0.2, -0.15) is 0 Å². The number of fused-ring (bicyclic) bond motifs is 1. The standard InChI is InChI=1S/C18H18N2O3.C2H6/c1-4-14-17(18(22)11-5-7-12(21)8-6-11)13-9-16(23-3)19-10-15(13)20(14)2;1-2/h5-10,21H,4H2,1-3H3;1-2H3. The number of rotatable bonds is 4. The molecule has 0 radical (unpaired) electrons. The number of ketones is 1. The minimum atomic E-state index is -0.0688. The van der Waals surface area contributed by atoms with Crippen molar-refractivity contribution in [2.45, 2.75) is 27.2 Å². The van der Waals surface area contributed by atoms with Crippen molar-refractivity contribution >= 4 is 16.7 Å². The van der Waals surface area contributed by atoms with Gasteiger partial charge in [0, 0.05) is 29.8 Å². The number of aryl methyl sites for hydroxylation is 1. The van der Waals surface area contributed by atoms with Gasteiger partial charge in [0.1, 0.15) is 5.75 Å². The second kappa shape index (κ2) is 7.83. The lowest BCUT2D eigenvalue weighted by molar-refractivity contribution is 0.103. The fraction of sp³-hybridized carbons (Fsp3) is 0.300. The maximum Gasteiger partial charge on any atom is 0.213 e. The summed E-state index contributed by atoms with van der Waals surface area (Å²) in [5.41, 5.74) is 3.05. The Kier molecular flexibility index (Phi) is 5.80. The van der Waals surface area contributed by atoms with Gasteiger partial charge < -0.3 is 14.4 Å². The van der Waals surface area contributed by atoms with Crippen LogP contribution in [0.1, 0.15) is 42.4 Å². The van der Waals surface area contributed by atoms with Crippen LogP contribution in [0.15, 0.2) is 36.5 Å². The van der Waals surface area contributed by atoms with Crippen LogP contribution >= 0.6 is 0 Å². The van der Waals surface area contributed by atoms with Crippen molar-refractivity contribution in [1.29, 1.82) is 0 Å². The third-order valence-electron chi connectivity index (χ3n) is 4.08. The van der Waals surface area contributed by atoms with Crippen LogP contribution in [-0.4, -0.2) is 27.6 Å². The van der Waals surface area contributed by atoms with Gasteiger partial charge in [0.25, 0.3) is 0 Å². The number of benzene rings is 1. The molecule has 5 nitrogen and oxygen atoms in total. The largest absolute Gasteiger partial charge is 0.508 e. The number of carbonyl (C=O) groups excluding carboxylic acids is 1. The Morgan fingerprint density at radius 2 is 1.88 bits per heavy atom. The Morgan fingerprint density at radius 1 is 1.24 bits per heavy atom. The lowest BCUT2D eigenvalue weighted by Crippen LogP contribution is -2.05. The van der Waals surface area contributed by atoms with Gasteiger partial charge in [0.2, 0.25) is 5.88 Å². The quantitative estimate of drug-likeness (QED) is 0.726. The summed E-state index contributed by atoms with van der Waals surface area (Å²) in [7, 11) is 3.49. The van der Waals surface area contributed by atoms with E-state index in [1.54, 1.807) is 31.5 Å². The van der Waals surface area contributed by atoms with E-state index in [1.165, 1.54) is 12.1 Å². The minimum Gasteiger partial charge on any atom is -0.508 e. The van der Waals surface area contributed by atoms with Crippen LogP contribution in [0.3, 0.4) is 0 Å². The third kappa shape index (κ3) is 3.36. The van der Waals surface area contributed by atoms with E-state index in [0.29, 0.717) is 17.0 Å². The second-order valence-electron chi connectivity index (χ2n) is 5.35. The summed E-state index contributed by atoms with van der Waals surface area (Å²) in [6, 6.07) is 8.10. The monoisotopic (exact) mass is 340 g/mol. The van der Waals surface area contributed by atoms with Gasteiger partial charge >= 0.3 is 0 Å². The van der Waals surface area contributed by atoms with E-state index >= 15 is 0 Å². The topological polar surface area (TPSA) is 64.3 Å². The smallest absolute Gasteiger partial charge is 0.213 e. The maximum atomic E-state index is 13.0. The average Bonchev–Trinajstić information content (AvgIpc) is 2.94. The van der Waals surface area contributed by atoms with E-state index in [-0.39, 0.29) is 11.5 Å². The first-order valence-corrected chi connectivity index (χ1v) is 8.41. The average molecular weight is 340 g/mol. The molecule has 5 heteroatoms. The normalized spacial score (nSPS) is 10.3. The molecule has 0 saturated carbocycles. The van der Waals surface area contributed by atoms with E-state index in [4.69, 9.17) is 4.74 Å². The number of nitrogens with zero attached hydrogens (tertiary/aromatic N) is 2. The molecule has 2 aromatic heterocycles. The summed E-state index contributed by atoms with van der Waals surface area (Å²) in [6.45, 7) is 6.02. The molecule has 3 rings (SSSR count). The van der Waals surface area contributed by atoms with Crippen LogP contribution in [0, 0.1) is 0 Å². The van der Waals surface area contributed by atoms with Crippen molar-refractivity contribution in [3.05, 3.63) is 53.3 Å². The summed E-state index contributed by atoms with van der Waals surface area (Å²) < 4.78 is 7.19. The van der Waals surface area contributed by atoms with E-state index in [2.05, 4.69) is 4.98 Å². The summed E-state index contributed by atoms with van der Waals surface area (Å²) >= 11 is 0. The molecular formula is C20H24N2O3. The van der Waals surface area contributed by atoms with E-state index in [0.717, 1.165) is 23.0 Å². The number of phenolic OH excluding ortho intramolecular Hbond substituents is 1. The number of hydrogen-bond acceptors (Lipinski definition) is 4. The molecule has 1 aromatic carbocycles. The van der Waals surface area contributed by atoms with Crippen molar-refractivity contribution < 1.29 is 14.6 Å². The predicted octanol–water partition coefficient (Wildman–Crippen LogP) is 4.11. The Morgan fingerprint density at radius 3 is 2.44 bits per heavy atom. The van der Waals surface area contributed by atoms with Crippen molar-refractivity contribution in [2.24, 2.45) is 7.05 Å². The fourth-order valence-electron chi connectivity index (χ4n) is 2.90. The first-order valence-electron chi connectivity index (χ1n) is 8.41. The molecule has 0 bridgehead atoms. The number of carbonyl (C=O) groups is 1. The highest BCUT2D eigenvalue weighted by molar-refractivity contribution is 6.17. The highest BCUT2D eigenvalue weighted by Gasteiger charge is 2.22. The lowest BCUT2D eigenvalue weighted by atomic mass is 9.99. The van der Waals surface area contributed by atoms with Gasteiger partial charge in [0.15, 0.2) is 5.78 Å². The predicted molar refractivity (Wildman–Crippen MR) is 99.5 cm³/mol. The Hall–Kier alpha value is -2.82. The van der Waals surface area contributed by atoms with E-state index in [9.17, 15) is 9.90 Å². The number of ether oxygens (including phenoxy) is 1. The van der Waals surface area contributed by atoms with Gasteiger partial charge in [-0.05, 0) is 30.7 Å². The molecule has 0 saturated heterocycles. The molecule has 1 N–H and O–H groups in total. The second-order valence-corrected chi connectivity index (χ2v) is 5.35. The summed E-state index contributed by atoms with van der Waals surface area (Å²) in [5, 5.41) is 10.2. The van der Waals surface area contributed by atoms with Gasteiger partial charge in [0.05, 0.1) is 24.4 Å². The van der Waals surface area contributed by atoms with Gasteiger partial charge in [-0.15, -0.1) is 0 Å². The zero-order chi connectivity index (χ0) is 18.6. The Labute approximate surface area is 147 Å². The van der Waals surface area contributed by atoms with Crippen LogP contribution in [0.2, 0.25) is 0 Å². The first kappa shape index (κ1) is 18.5. The van der Waals surface area contributed by atoms with E-state index < -0.39 is 0 Å². The van der Waals surface area contributed by atoms with Gasteiger partial charge in [-0.1, -0.05) is 20.8 Å². The lowest BCUT2D eigenvalue weighted by Gasteiger charge is -2.05. The fourth-order valence-corrected chi connectivity index (χ4v) is 2.90. The molecule has 0 aliphatic carbocycles. The molecule has 0 aliphatic heterocycles. The molecule has 0 fully saturated rings. The molecule has 132 valence electrons. The number of methoxy groups -OCH3 is 1. The molecule has 0 aliphatic rings. The van der Waals surface area contributed by atoms with Crippen molar-refractivity contribution in [3.8, 4) is 11.6 Å². The molecule has 0 unspecified atom stereocenters. The van der Waals surface area contributed by atoms with Crippen molar-refractivity contribution in [2.75, 3.05) is 7.11 Å². The Bertz CT molecular complexity index is 880. The zero-order valence-electron chi connectivity index (χ0n) is 15.3. The number of hydrogen-bond donors (Lipinski definition) is 1. The molecule has 0 spiro atoms. The molecule has 3 aromatic rings. The van der Waals surface area contributed by atoms with Gasteiger partial charge in [-0.3, -0.25) is 4.79 Å². The van der Waals surface area contributed by atoms with Crippen molar-refractivity contribution in [1.82, 2.24) is 9.55 Å². The molecule has 0 atom stereocenters. The highest BCUT2D eigenvalue weighted by Crippen LogP contribution is 2.30. The highest BCUT2D eigenvalue weighted by atomic mass is 16.5. The Balaban J connectivity index is 0.00000109. The maximum absolute atomic E-state index is 13.0. The van der Waals surface area contributed by atoms with Crippen LogP contribution in [0.5, 0.6) is 11.6 Å². The zero-order valence-corrected chi connectivity index (χ0v) is 15.3. The van der Waals surface area contributed by atoms with Crippen LogP contribution in [0.25, 0.3) is 10.9 Å². The van der Waals surface area contributed by atoms with Crippen LogP contribution < -0.4 is 4.74 Å². The number of aromatic hydroxyl groups is 1. The first-order chi connectivity index (χ1) is 12.1. The van der Waals surface area contributed by atoms with Crippen LogP contribution in [-0.2, 0) is 13.5 Å². The number of phenols is 1. The molecular weight excluding hydrogens is 316 g/mol. The summed E-state index contributed by atoms with van der Waals surface area (Å²) in [5.74, 6) is 0.548. The van der Waals surface area contributed by atoms with E-state index in [1.807, 2.05) is 32.4 Å². The molecule has 0 amide bonds. The molecule has 2 heterocycles. The summed E-state index contributed by atoms with van der Waals surface area (Å²) in [4.78, 5) is 17.2. The summed E-state index contributed by atoms with van der Waals surface area (Å²) in [6.07, 6.45) is 2.45. The molecule has 25 heavy (non-hydrogen) atoms. The van der Waals surface area contributed by atoms with Crippen LogP contribution in [0.4, 0.5) is 0 Å². The number of aromatic nitrogens is 2. The minimum absolute atomic E-state index is 0.0688. The SMILES string of the molecule is CC.CCc1c(C(=O)c2ccc(O)cc2)c2cc(OC)ncc2n1C. The number of pyridine rings is 1.